The van der Waals surface area contributed by atoms with Crippen LogP contribution in [0, 0.1) is 5.95 Å². The van der Waals surface area contributed by atoms with Crippen LogP contribution in [0.4, 0.5) is 15.9 Å². The molecule has 2 aliphatic rings. The molecule has 4 aromatic heterocycles. The molecule has 11 nitrogen and oxygen atoms in total. The number of carbonyl (C=O) groups is 1. The fourth-order valence-corrected chi connectivity index (χ4v) is 6.65. The Morgan fingerprint density at radius 2 is 2.05 bits per heavy atom. The molecule has 2 fully saturated rings. The number of piperidine rings is 1. The Labute approximate surface area is 252 Å². The van der Waals surface area contributed by atoms with Crippen molar-refractivity contribution in [3.05, 3.63) is 52.0 Å². The van der Waals surface area contributed by atoms with E-state index in [0.717, 1.165) is 57.8 Å². The molecule has 2 aliphatic heterocycles. The van der Waals surface area contributed by atoms with Crippen LogP contribution in [0.2, 0.25) is 4.34 Å². The van der Waals surface area contributed by atoms with Gasteiger partial charge in [-0.15, -0.1) is 11.3 Å². The summed E-state index contributed by atoms with van der Waals surface area (Å²) in [6.07, 6.45) is 4.47. The van der Waals surface area contributed by atoms with Gasteiger partial charge in [0.1, 0.15) is 29.1 Å². The Hall–Kier alpha value is -3.52. The van der Waals surface area contributed by atoms with E-state index in [1.807, 2.05) is 6.07 Å². The average Bonchev–Trinajstić information content (AvgIpc) is 3.56. The predicted molar refractivity (Wildman–Crippen MR) is 162 cm³/mol. The number of nitrogens with zero attached hydrogens (tertiary/aromatic N) is 7. The first kappa shape index (κ1) is 28.6. The lowest BCUT2D eigenvalue weighted by molar-refractivity contribution is 0.0931. The molecular weight excluding hydrogens is 581 g/mol. The van der Waals surface area contributed by atoms with Crippen LogP contribution in [0.3, 0.4) is 0 Å². The van der Waals surface area contributed by atoms with Crippen molar-refractivity contribution in [2.24, 2.45) is 0 Å². The summed E-state index contributed by atoms with van der Waals surface area (Å²) in [5.41, 5.74) is 9.06. The highest BCUT2D eigenvalue weighted by Gasteiger charge is 2.28. The average molecular weight is 614 g/mol. The number of aromatic nitrogens is 4. The minimum atomic E-state index is -0.580. The molecule has 0 bridgehead atoms. The molecule has 6 rings (SSSR count). The lowest BCUT2D eigenvalue weighted by Gasteiger charge is -2.34. The number of piperazine rings is 1. The maximum absolute atomic E-state index is 14.0. The summed E-state index contributed by atoms with van der Waals surface area (Å²) in [7, 11) is 2.13. The van der Waals surface area contributed by atoms with Crippen molar-refractivity contribution in [1.82, 2.24) is 34.7 Å². The molecule has 1 amide bonds. The van der Waals surface area contributed by atoms with E-state index in [-0.39, 0.29) is 11.9 Å². The zero-order chi connectivity index (χ0) is 29.2. The van der Waals surface area contributed by atoms with Gasteiger partial charge < -0.3 is 25.6 Å². The van der Waals surface area contributed by atoms with Gasteiger partial charge >= 0.3 is 0 Å². The van der Waals surface area contributed by atoms with Crippen LogP contribution in [0.5, 0.6) is 5.75 Å². The summed E-state index contributed by atoms with van der Waals surface area (Å²) in [6, 6.07) is 6.62. The summed E-state index contributed by atoms with van der Waals surface area (Å²) in [5, 5.41) is 7.59. The highest BCUT2D eigenvalue weighted by Crippen LogP contribution is 2.36. The monoisotopic (exact) mass is 613 g/mol. The van der Waals surface area contributed by atoms with Gasteiger partial charge in [0.05, 0.1) is 15.7 Å². The largest absolute Gasteiger partial charge is 0.490 e. The molecule has 3 N–H and O–H groups in total. The number of fused-ring (bicyclic) bond motifs is 1. The van der Waals surface area contributed by atoms with Crippen LogP contribution < -0.4 is 20.7 Å². The smallest absolute Gasteiger partial charge is 0.265 e. The lowest BCUT2D eigenvalue weighted by Crippen LogP contribution is -2.47. The van der Waals surface area contributed by atoms with E-state index >= 15 is 0 Å². The number of amides is 1. The summed E-state index contributed by atoms with van der Waals surface area (Å²) in [5.74, 6) is 0.0504. The molecule has 0 aliphatic carbocycles. The summed E-state index contributed by atoms with van der Waals surface area (Å²) in [4.78, 5) is 28.6. The molecule has 222 valence electrons. The second-order valence-corrected chi connectivity index (χ2v) is 12.4. The van der Waals surface area contributed by atoms with Gasteiger partial charge in [0.15, 0.2) is 5.82 Å². The Kier molecular flexibility index (Phi) is 8.43. The number of ether oxygens (including phenoxy) is 1. The molecule has 14 heteroatoms. The van der Waals surface area contributed by atoms with E-state index in [2.05, 4.69) is 42.1 Å². The van der Waals surface area contributed by atoms with Gasteiger partial charge in [-0.25, -0.2) is 14.5 Å². The first-order valence-corrected chi connectivity index (χ1v) is 15.2. The van der Waals surface area contributed by atoms with Gasteiger partial charge in [-0.05, 0) is 32.0 Å². The number of anilines is 2. The van der Waals surface area contributed by atoms with E-state index in [4.69, 9.17) is 22.1 Å². The molecule has 4 aromatic rings. The lowest BCUT2D eigenvalue weighted by atomic mass is 10.0. The van der Waals surface area contributed by atoms with Crippen LogP contribution in [0.1, 0.15) is 22.5 Å². The zero-order valence-electron chi connectivity index (χ0n) is 23.3. The SMILES string of the molecule is CN1CCN(CCOc2cc(Cl)sc2C(=O)N[C@@H]2CCCN(c3cc(-c4ccnc(F)c4)n4ncnc(N)c34)C2)CC1. The van der Waals surface area contributed by atoms with E-state index in [1.54, 1.807) is 16.6 Å². The van der Waals surface area contributed by atoms with E-state index in [9.17, 15) is 9.18 Å². The third kappa shape index (κ3) is 6.14. The number of thiophene rings is 1. The predicted octanol–water partition coefficient (Wildman–Crippen LogP) is 3.25. The molecule has 0 unspecified atom stereocenters. The number of rotatable bonds is 8. The number of nitrogen functional groups attached to an aromatic ring is 1. The maximum Gasteiger partial charge on any atom is 0.265 e. The van der Waals surface area contributed by atoms with Crippen LogP contribution in [-0.2, 0) is 0 Å². The zero-order valence-corrected chi connectivity index (χ0v) is 24.9. The summed E-state index contributed by atoms with van der Waals surface area (Å²) < 4.78 is 22.2. The minimum Gasteiger partial charge on any atom is -0.490 e. The molecule has 0 radical (unpaired) electrons. The number of nitrogens with one attached hydrogen (secondary N) is 1. The van der Waals surface area contributed by atoms with Gasteiger partial charge in [-0.1, -0.05) is 11.6 Å². The number of pyridine rings is 1. The minimum absolute atomic E-state index is 0.118. The van der Waals surface area contributed by atoms with Crippen molar-refractivity contribution in [1.29, 1.82) is 0 Å². The molecule has 42 heavy (non-hydrogen) atoms. The Balaban J connectivity index is 1.15. The number of nitrogens with two attached hydrogens (primary N) is 1. The third-order valence-corrected chi connectivity index (χ3v) is 9.06. The van der Waals surface area contributed by atoms with Gasteiger partial charge in [-0.3, -0.25) is 9.69 Å². The Bertz CT molecular complexity index is 1570. The van der Waals surface area contributed by atoms with E-state index < -0.39 is 5.95 Å². The standard InChI is InChI=1S/C28H33ClFN9O2S/c1-36-7-9-37(10-8-36)11-12-41-22-15-23(29)42-26(22)28(40)35-19-3-2-6-38(16-19)21-14-20(18-4-5-32-24(30)13-18)39-25(21)27(31)33-17-34-39/h4-5,13-15,17,19H,2-3,6-12,16H2,1H3,(H,35,40)(H2,31,33,34)/t19-/m1/s1. The molecule has 6 heterocycles. The van der Waals surface area contributed by atoms with Gasteiger partial charge in [0, 0.05) is 75.7 Å². The van der Waals surface area contributed by atoms with Crippen molar-refractivity contribution >= 4 is 45.9 Å². The van der Waals surface area contributed by atoms with Crippen molar-refractivity contribution in [2.75, 3.05) is 70.1 Å². The van der Waals surface area contributed by atoms with Crippen LogP contribution in [0.25, 0.3) is 16.8 Å². The number of hydrogen-bond acceptors (Lipinski definition) is 10. The number of likely N-dealkylation sites (N-methyl/N-ethyl adjacent to an activating group) is 1. The van der Waals surface area contributed by atoms with Gasteiger partial charge in [0.2, 0.25) is 5.95 Å². The highest BCUT2D eigenvalue weighted by atomic mass is 35.5. The fourth-order valence-electron chi connectivity index (χ4n) is 5.59. The van der Waals surface area contributed by atoms with Crippen molar-refractivity contribution in [2.45, 2.75) is 18.9 Å². The molecule has 1 atom stereocenters. The molecule has 2 saturated heterocycles. The van der Waals surface area contributed by atoms with Crippen molar-refractivity contribution in [3.8, 4) is 17.0 Å². The fraction of sp³-hybridized carbons (Fsp3) is 0.429. The third-order valence-electron chi connectivity index (χ3n) is 7.82. The topological polar surface area (TPSA) is 117 Å². The van der Waals surface area contributed by atoms with E-state index in [1.165, 1.54) is 29.9 Å². The maximum atomic E-state index is 14.0. The van der Waals surface area contributed by atoms with Gasteiger partial charge in [-0.2, -0.15) is 9.49 Å². The van der Waals surface area contributed by atoms with Crippen molar-refractivity contribution in [3.63, 3.8) is 0 Å². The number of halogens is 2. The Morgan fingerprint density at radius 1 is 1.21 bits per heavy atom. The first-order chi connectivity index (χ1) is 20.4. The normalized spacial score (nSPS) is 18.5. The Morgan fingerprint density at radius 3 is 2.86 bits per heavy atom. The molecule has 0 aromatic carbocycles. The first-order valence-electron chi connectivity index (χ1n) is 14.0. The van der Waals surface area contributed by atoms with Crippen LogP contribution in [0.15, 0.2) is 36.8 Å². The number of hydrogen-bond donors (Lipinski definition) is 2. The highest BCUT2D eigenvalue weighted by molar-refractivity contribution is 7.18. The molecule has 0 saturated carbocycles. The summed E-state index contributed by atoms with van der Waals surface area (Å²) >= 11 is 7.54. The van der Waals surface area contributed by atoms with Gasteiger partial charge in [0.25, 0.3) is 5.91 Å². The quantitative estimate of drug-likeness (QED) is 0.289. The van der Waals surface area contributed by atoms with Crippen LogP contribution in [-0.4, -0.2) is 101 Å². The van der Waals surface area contributed by atoms with Crippen molar-refractivity contribution < 1.29 is 13.9 Å². The molecular formula is C28H33ClFN9O2S. The summed E-state index contributed by atoms with van der Waals surface area (Å²) in [6.45, 7) is 6.70. The van der Waals surface area contributed by atoms with Crippen LogP contribution >= 0.6 is 22.9 Å². The number of carbonyl (C=O) groups excluding carboxylic acids is 1. The molecule has 0 spiro atoms. The second-order valence-electron chi connectivity index (χ2n) is 10.7. The van der Waals surface area contributed by atoms with E-state index in [0.29, 0.717) is 50.7 Å². The second kappa shape index (κ2) is 12.4.